The summed E-state index contributed by atoms with van der Waals surface area (Å²) >= 11 is 3.19. The van der Waals surface area contributed by atoms with Gasteiger partial charge in [0.15, 0.2) is 16.4 Å². The van der Waals surface area contributed by atoms with Crippen LogP contribution in [0.5, 0.6) is 5.88 Å². The van der Waals surface area contributed by atoms with E-state index in [9.17, 15) is 8.42 Å². The van der Waals surface area contributed by atoms with E-state index in [0.717, 1.165) is 0 Å². The van der Waals surface area contributed by atoms with E-state index >= 15 is 4.39 Å². The zero-order chi connectivity index (χ0) is 24.5. The second-order valence-electron chi connectivity index (χ2n) is 6.92. The van der Waals surface area contributed by atoms with Gasteiger partial charge in [-0.15, -0.1) is 0 Å². The van der Waals surface area contributed by atoms with Gasteiger partial charge in [-0.25, -0.2) is 27.8 Å². The predicted octanol–water partition coefficient (Wildman–Crippen LogP) is 3.88. The van der Waals surface area contributed by atoms with Crippen LogP contribution in [0, 0.1) is 5.82 Å². The van der Waals surface area contributed by atoms with Gasteiger partial charge in [0.1, 0.15) is 5.82 Å². The topological polar surface area (TPSA) is 131 Å². The molecule has 3 heterocycles. The van der Waals surface area contributed by atoms with E-state index in [2.05, 4.69) is 51.2 Å². The Bertz CT molecular complexity index is 1500. The molecule has 3 N–H and O–H groups in total. The molecule has 10 nitrogen and oxygen atoms in total. The van der Waals surface area contributed by atoms with Gasteiger partial charge in [0.25, 0.3) is 10.0 Å². The highest BCUT2D eigenvalue weighted by atomic mass is 79.9. The van der Waals surface area contributed by atoms with Crippen LogP contribution in [-0.2, 0) is 10.0 Å². The molecule has 0 fully saturated rings. The second kappa shape index (κ2) is 9.35. The van der Waals surface area contributed by atoms with E-state index in [1.54, 1.807) is 26.4 Å². The smallest absolute Gasteiger partial charge is 0.267 e. The Hall–Kier alpha value is -3.58. The van der Waals surface area contributed by atoms with Crippen LogP contribution in [0.4, 0.5) is 21.8 Å². The molecular formula is C21H19BrFN7O3S. The van der Waals surface area contributed by atoms with Gasteiger partial charge in [0.2, 0.25) is 11.8 Å². The van der Waals surface area contributed by atoms with Crippen molar-refractivity contribution in [2.24, 2.45) is 0 Å². The fourth-order valence-electron chi connectivity index (χ4n) is 3.25. The fourth-order valence-corrected chi connectivity index (χ4v) is 4.94. The van der Waals surface area contributed by atoms with Gasteiger partial charge in [-0.05, 0) is 34.1 Å². The first-order valence-electron chi connectivity index (χ1n) is 9.82. The fraction of sp³-hybridized carbons (Fsp3) is 0.143. The maximum atomic E-state index is 15.6. The van der Waals surface area contributed by atoms with E-state index in [0.29, 0.717) is 32.8 Å². The standard InChI is InChI=1S/C21H19BrFN7O3S/c1-24-19-14(7-11-9-27-21(25-2)29-18(11)28-19)13-5-4-6-15(17(13)23)30-34(31,32)16-8-12(22)10-26-20(16)33-3/h4-10,30H,1-3H3,(H2,24,25,27,28,29). The number of methoxy groups -OCH3 is 1. The van der Waals surface area contributed by atoms with Gasteiger partial charge in [-0.1, -0.05) is 12.1 Å². The normalized spacial score (nSPS) is 11.3. The van der Waals surface area contributed by atoms with E-state index in [1.165, 1.54) is 37.6 Å². The summed E-state index contributed by atoms with van der Waals surface area (Å²) in [5, 5.41) is 6.37. The number of ether oxygens (including phenoxy) is 1. The number of aromatic nitrogens is 4. The molecule has 0 aliphatic heterocycles. The molecule has 4 rings (SSSR count). The Labute approximate surface area is 203 Å². The molecule has 0 unspecified atom stereocenters. The van der Waals surface area contributed by atoms with Crippen LogP contribution in [0.15, 0.2) is 52.1 Å². The molecule has 0 aliphatic rings. The summed E-state index contributed by atoms with van der Waals surface area (Å²) in [6.45, 7) is 0. The second-order valence-corrected chi connectivity index (χ2v) is 9.49. The molecule has 4 aromatic rings. The molecule has 0 saturated carbocycles. The van der Waals surface area contributed by atoms with Crippen molar-refractivity contribution < 1.29 is 17.5 Å². The highest BCUT2D eigenvalue weighted by Gasteiger charge is 2.24. The Kier molecular flexibility index (Phi) is 6.48. The van der Waals surface area contributed by atoms with Crippen LogP contribution < -0.4 is 20.1 Å². The zero-order valence-corrected chi connectivity index (χ0v) is 20.6. The summed E-state index contributed by atoms with van der Waals surface area (Å²) in [5.41, 5.74) is 0.717. The Morgan fingerprint density at radius 2 is 1.82 bits per heavy atom. The first-order valence-corrected chi connectivity index (χ1v) is 12.1. The average Bonchev–Trinajstić information content (AvgIpc) is 2.84. The number of nitrogens with one attached hydrogen (secondary N) is 3. The first-order chi connectivity index (χ1) is 16.3. The highest BCUT2D eigenvalue weighted by Crippen LogP contribution is 2.35. The van der Waals surface area contributed by atoms with Gasteiger partial charge in [-0.3, -0.25) is 4.72 Å². The molecule has 0 aliphatic carbocycles. The van der Waals surface area contributed by atoms with E-state index in [4.69, 9.17) is 4.74 Å². The van der Waals surface area contributed by atoms with Crippen molar-refractivity contribution in [1.29, 1.82) is 0 Å². The van der Waals surface area contributed by atoms with Crippen molar-refractivity contribution in [3.8, 4) is 17.0 Å². The van der Waals surface area contributed by atoms with Crippen LogP contribution in [0.1, 0.15) is 0 Å². The molecule has 0 bridgehead atoms. The van der Waals surface area contributed by atoms with Crippen molar-refractivity contribution in [3.63, 3.8) is 0 Å². The molecule has 176 valence electrons. The van der Waals surface area contributed by atoms with Crippen LogP contribution in [0.3, 0.4) is 0 Å². The third kappa shape index (κ3) is 4.43. The van der Waals surface area contributed by atoms with Gasteiger partial charge < -0.3 is 15.4 Å². The van der Waals surface area contributed by atoms with Crippen molar-refractivity contribution in [3.05, 3.63) is 53.0 Å². The molecule has 0 saturated heterocycles. The minimum atomic E-state index is -4.22. The van der Waals surface area contributed by atoms with E-state index in [1.807, 2.05) is 0 Å². The number of rotatable bonds is 7. The number of nitrogens with zero attached hydrogens (tertiary/aromatic N) is 4. The lowest BCUT2D eigenvalue weighted by atomic mass is 10.0. The number of halogens is 2. The van der Waals surface area contributed by atoms with Crippen molar-refractivity contribution >= 4 is 54.4 Å². The van der Waals surface area contributed by atoms with E-state index in [-0.39, 0.29) is 22.0 Å². The molecule has 0 atom stereocenters. The summed E-state index contributed by atoms with van der Waals surface area (Å²) in [6, 6.07) is 7.40. The number of benzene rings is 1. The molecule has 34 heavy (non-hydrogen) atoms. The molecular weight excluding hydrogens is 529 g/mol. The van der Waals surface area contributed by atoms with Crippen molar-refractivity contribution in [1.82, 2.24) is 19.9 Å². The number of sulfonamides is 1. The predicted molar refractivity (Wildman–Crippen MR) is 131 cm³/mol. The lowest BCUT2D eigenvalue weighted by Crippen LogP contribution is -2.16. The lowest BCUT2D eigenvalue weighted by molar-refractivity contribution is 0.385. The van der Waals surface area contributed by atoms with Gasteiger partial charge in [0, 0.05) is 47.5 Å². The van der Waals surface area contributed by atoms with Crippen LogP contribution in [0.2, 0.25) is 0 Å². The molecule has 0 spiro atoms. The number of pyridine rings is 2. The molecule has 13 heteroatoms. The SMILES string of the molecule is CNc1ncc2cc(-c3cccc(NS(=O)(=O)c4cc(Br)cnc4OC)c3F)c(NC)nc2n1. The Morgan fingerprint density at radius 1 is 1.03 bits per heavy atom. The highest BCUT2D eigenvalue weighted by molar-refractivity contribution is 9.10. The zero-order valence-electron chi connectivity index (χ0n) is 18.2. The summed E-state index contributed by atoms with van der Waals surface area (Å²) in [6.07, 6.45) is 2.97. The maximum absolute atomic E-state index is 15.6. The quantitative estimate of drug-likeness (QED) is 0.315. The molecule has 0 amide bonds. The Balaban J connectivity index is 1.80. The summed E-state index contributed by atoms with van der Waals surface area (Å²) in [5.74, 6) is -0.136. The van der Waals surface area contributed by atoms with Gasteiger partial charge in [0.05, 0.1) is 12.8 Å². The monoisotopic (exact) mass is 547 g/mol. The summed E-state index contributed by atoms with van der Waals surface area (Å²) < 4.78 is 49.4. The minimum Gasteiger partial charge on any atom is -0.480 e. The minimum absolute atomic E-state index is 0.121. The summed E-state index contributed by atoms with van der Waals surface area (Å²) in [7, 11) is 0.412. The molecule has 3 aromatic heterocycles. The number of anilines is 3. The van der Waals surface area contributed by atoms with Crippen molar-refractivity contribution in [2.45, 2.75) is 4.90 Å². The van der Waals surface area contributed by atoms with Crippen LogP contribution in [-0.4, -0.2) is 49.6 Å². The van der Waals surface area contributed by atoms with E-state index < -0.39 is 15.8 Å². The Morgan fingerprint density at radius 3 is 2.53 bits per heavy atom. The van der Waals surface area contributed by atoms with Crippen LogP contribution >= 0.6 is 15.9 Å². The lowest BCUT2D eigenvalue weighted by Gasteiger charge is -2.15. The number of hydrogen-bond donors (Lipinski definition) is 3. The van der Waals surface area contributed by atoms with Gasteiger partial charge >= 0.3 is 0 Å². The molecule has 1 aromatic carbocycles. The number of hydrogen-bond acceptors (Lipinski definition) is 9. The third-order valence-electron chi connectivity index (χ3n) is 4.83. The largest absolute Gasteiger partial charge is 0.480 e. The summed E-state index contributed by atoms with van der Waals surface area (Å²) in [4.78, 5) is 16.6. The average molecular weight is 548 g/mol. The first kappa shape index (κ1) is 23.6. The number of fused-ring (bicyclic) bond motifs is 1. The van der Waals surface area contributed by atoms with Crippen molar-refractivity contribution in [2.75, 3.05) is 36.6 Å². The molecule has 0 radical (unpaired) electrons. The maximum Gasteiger partial charge on any atom is 0.267 e. The van der Waals surface area contributed by atoms with Crippen LogP contribution in [0.25, 0.3) is 22.2 Å². The third-order valence-corrected chi connectivity index (χ3v) is 6.62. The van der Waals surface area contributed by atoms with Gasteiger partial charge in [-0.2, -0.15) is 4.98 Å².